The van der Waals surface area contributed by atoms with E-state index in [0.29, 0.717) is 17.7 Å². The van der Waals surface area contributed by atoms with Gasteiger partial charge in [-0.3, -0.25) is 9.59 Å². The van der Waals surface area contributed by atoms with Crippen molar-refractivity contribution in [3.8, 4) is 0 Å². The Morgan fingerprint density at radius 1 is 1.04 bits per heavy atom. The molecule has 0 aliphatic carbocycles. The third-order valence-corrected chi connectivity index (χ3v) is 3.70. The average molecular weight is 355 g/mol. The van der Waals surface area contributed by atoms with Crippen molar-refractivity contribution in [2.24, 2.45) is 0 Å². The minimum absolute atomic E-state index is 0.138. The van der Waals surface area contributed by atoms with Crippen LogP contribution in [-0.4, -0.2) is 38.1 Å². The van der Waals surface area contributed by atoms with Crippen LogP contribution in [0.1, 0.15) is 34.1 Å². The average Bonchev–Trinajstić information content (AvgIpc) is 2.66. The molecule has 0 saturated carbocycles. The van der Waals surface area contributed by atoms with Crippen LogP contribution >= 0.6 is 0 Å². The molecule has 2 rings (SSSR count). The van der Waals surface area contributed by atoms with Crippen molar-refractivity contribution in [3.63, 3.8) is 0 Å². The van der Waals surface area contributed by atoms with E-state index in [1.807, 2.05) is 11.9 Å². The Kier molecular flexibility index (Phi) is 6.91. The number of hydrogen-bond acceptors (Lipinski definition) is 6. The Bertz CT molecular complexity index is 743. The molecule has 6 heteroatoms. The van der Waals surface area contributed by atoms with Gasteiger partial charge in [0.2, 0.25) is 6.29 Å². The number of nitrogens with zero attached hydrogens (tertiary/aromatic N) is 1. The number of rotatable bonds is 8. The molecule has 0 aromatic heterocycles. The van der Waals surface area contributed by atoms with Crippen molar-refractivity contribution >= 4 is 23.9 Å². The number of esters is 2. The van der Waals surface area contributed by atoms with Gasteiger partial charge in [0.1, 0.15) is 6.29 Å². The van der Waals surface area contributed by atoms with Gasteiger partial charge in [0, 0.05) is 31.8 Å². The minimum atomic E-state index is -0.965. The molecule has 0 N–H and O–H groups in total. The molecule has 1 atom stereocenters. The first kappa shape index (κ1) is 19.2. The van der Waals surface area contributed by atoms with E-state index >= 15 is 0 Å². The molecule has 2 aromatic carbocycles. The van der Waals surface area contributed by atoms with Gasteiger partial charge in [-0.2, -0.15) is 0 Å². The highest BCUT2D eigenvalue weighted by Gasteiger charge is 2.16. The summed E-state index contributed by atoms with van der Waals surface area (Å²) in [5.74, 6) is -1.01. The Labute approximate surface area is 152 Å². The summed E-state index contributed by atoms with van der Waals surface area (Å²) < 4.78 is 10.2. The first-order chi connectivity index (χ1) is 12.5. The quantitative estimate of drug-likeness (QED) is 0.412. The van der Waals surface area contributed by atoms with Gasteiger partial charge < -0.3 is 14.4 Å². The fourth-order valence-electron chi connectivity index (χ4n) is 2.26. The fourth-order valence-corrected chi connectivity index (χ4v) is 2.26. The monoisotopic (exact) mass is 355 g/mol. The normalized spacial score (nSPS) is 11.3. The molecule has 0 amide bonds. The smallest absolute Gasteiger partial charge is 0.341 e. The zero-order valence-electron chi connectivity index (χ0n) is 14.8. The highest BCUT2D eigenvalue weighted by molar-refractivity contribution is 5.89. The largest absolute Gasteiger partial charge is 0.425 e. The summed E-state index contributed by atoms with van der Waals surface area (Å²) in [6, 6.07) is 15.5. The molecule has 26 heavy (non-hydrogen) atoms. The van der Waals surface area contributed by atoms with Crippen LogP contribution in [0.3, 0.4) is 0 Å². The lowest BCUT2D eigenvalue weighted by Crippen LogP contribution is -2.26. The number of anilines is 1. The predicted molar refractivity (Wildman–Crippen MR) is 97.1 cm³/mol. The minimum Gasteiger partial charge on any atom is -0.425 e. The SMILES string of the molecule is CC(OC(=O)CCN(C)c1ccc(C=O)cc1)OC(=O)c1ccccc1. The summed E-state index contributed by atoms with van der Waals surface area (Å²) in [5, 5.41) is 0. The molecule has 0 spiro atoms. The van der Waals surface area contributed by atoms with Crippen LogP contribution in [0.4, 0.5) is 5.69 Å². The van der Waals surface area contributed by atoms with E-state index in [9.17, 15) is 14.4 Å². The number of hydrogen-bond donors (Lipinski definition) is 0. The standard InChI is InChI=1S/C20H21NO5/c1-15(26-20(24)17-6-4-3-5-7-17)25-19(23)12-13-21(2)18-10-8-16(14-22)9-11-18/h3-11,14-15H,12-13H2,1-2H3. The fraction of sp³-hybridized carbons (Fsp3) is 0.250. The van der Waals surface area contributed by atoms with E-state index in [2.05, 4.69) is 0 Å². The number of ether oxygens (including phenoxy) is 2. The highest BCUT2D eigenvalue weighted by atomic mass is 16.7. The van der Waals surface area contributed by atoms with E-state index in [-0.39, 0.29) is 6.42 Å². The van der Waals surface area contributed by atoms with Gasteiger partial charge in [-0.15, -0.1) is 0 Å². The maximum atomic E-state index is 11.9. The topological polar surface area (TPSA) is 72.9 Å². The molecule has 0 aliphatic heterocycles. The summed E-state index contributed by atoms with van der Waals surface area (Å²) >= 11 is 0. The molecular weight excluding hydrogens is 334 g/mol. The first-order valence-electron chi connectivity index (χ1n) is 8.21. The molecule has 6 nitrogen and oxygen atoms in total. The van der Waals surface area contributed by atoms with E-state index in [1.165, 1.54) is 6.92 Å². The lowest BCUT2D eigenvalue weighted by atomic mass is 10.2. The second-order valence-electron chi connectivity index (χ2n) is 5.71. The molecule has 1 unspecified atom stereocenters. The number of benzene rings is 2. The molecule has 0 fully saturated rings. The number of aldehydes is 1. The van der Waals surface area contributed by atoms with Crippen LogP contribution in [-0.2, 0) is 14.3 Å². The lowest BCUT2D eigenvalue weighted by Gasteiger charge is -2.20. The molecule has 0 aliphatic rings. The molecular formula is C20H21NO5. The van der Waals surface area contributed by atoms with Crippen LogP contribution < -0.4 is 4.90 Å². The molecule has 136 valence electrons. The molecule has 0 bridgehead atoms. The Balaban J connectivity index is 1.76. The van der Waals surface area contributed by atoms with E-state index in [1.54, 1.807) is 54.6 Å². The van der Waals surface area contributed by atoms with Gasteiger partial charge >= 0.3 is 11.9 Å². The summed E-state index contributed by atoms with van der Waals surface area (Å²) in [7, 11) is 1.84. The van der Waals surface area contributed by atoms with Crippen molar-refractivity contribution in [3.05, 3.63) is 65.7 Å². The van der Waals surface area contributed by atoms with Crippen molar-refractivity contribution in [1.82, 2.24) is 0 Å². The summed E-state index contributed by atoms with van der Waals surface area (Å²) in [5.41, 5.74) is 1.87. The van der Waals surface area contributed by atoms with Crippen molar-refractivity contribution < 1.29 is 23.9 Å². The highest BCUT2D eigenvalue weighted by Crippen LogP contribution is 2.13. The van der Waals surface area contributed by atoms with Gasteiger partial charge in [0.05, 0.1) is 12.0 Å². The zero-order chi connectivity index (χ0) is 18.9. The second-order valence-corrected chi connectivity index (χ2v) is 5.71. The van der Waals surface area contributed by atoms with Crippen LogP contribution in [0.2, 0.25) is 0 Å². The van der Waals surface area contributed by atoms with Gasteiger partial charge in [-0.05, 0) is 36.4 Å². The summed E-state index contributed by atoms with van der Waals surface area (Å²) in [6.45, 7) is 1.93. The van der Waals surface area contributed by atoms with Crippen LogP contribution in [0, 0.1) is 0 Å². The van der Waals surface area contributed by atoms with E-state index in [0.717, 1.165) is 12.0 Å². The van der Waals surface area contributed by atoms with Crippen LogP contribution in [0.25, 0.3) is 0 Å². The van der Waals surface area contributed by atoms with Crippen LogP contribution in [0.5, 0.6) is 0 Å². The second kappa shape index (κ2) is 9.36. The third-order valence-electron chi connectivity index (χ3n) is 3.70. The zero-order valence-corrected chi connectivity index (χ0v) is 14.8. The van der Waals surface area contributed by atoms with Gasteiger partial charge in [0.25, 0.3) is 0 Å². The Hall–Kier alpha value is -3.15. The third kappa shape index (κ3) is 5.73. The summed E-state index contributed by atoms with van der Waals surface area (Å²) in [6.07, 6.45) is -0.0503. The van der Waals surface area contributed by atoms with Crippen LogP contribution in [0.15, 0.2) is 54.6 Å². The maximum absolute atomic E-state index is 11.9. The van der Waals surface area contributed by atoms with Crippen molar-refractivity contribution in [1.29, 1.82) is 0 Å². The Morgan fingerprint density at radius 2 is 1.69 bits per heavy atom. The van der Waals surface area contributed by atoms with Crippen molar-refractivity contribution in [2.75, 3.05) is 18.5 Å². The molecule has 2 aromatic rings. The van der Waals surface area contributed by atoms with Gasteiger partial charge in [0.15, 0.2) is 0 Å². The first-order valence-corrected chi connectivity index (χ1v) is 8.21. The van der Waals surface area contributed by atoms with Gasteiger partial charge in [-0.25, -0.2) is 4.79 Å². The molecule has 0 radical (unpaired) electrons. The number of carbonyl (C=O) groups is 3. The van der Waals surface area contributed by atoms with E-state index < -0.39 is 18.2 Å². The van der Waals surface area contributed by atoms with Gasteiger partial charge in [-0.1, -0.05) is 18.2 Å². The molecule has 0 saturated heterocycles. The Morgan fingerprint density at radius 3 is 2.31 bits per heavy atom. The molecule has 0 heterocycles. The predicted octanol–water partition coefficient (Wildman–Crippen LogP) is 3.07. The summed E-state index contributed by atoms with van der Waals surface area (Å²) in [4.78, 5) is 36.3. The lowest BCUT2D eigenvalue weighted by molar-refractivity contribution is -0.165. The van der Waals surface area contributed by atoms with Crippen molar-refractivity contribution in [2.45, 2.75) is 19.6 Å². The maximum Gasteiger partial charge on any atom is 0.341 e. The van der Waals surface area contributed by atoms with E-state index in [4.69, 9.17) is 9.47 Å². The number of carbonyl (C=O) groups excluding carboxylic acids is 3.